The molecule has 0 radical (unpaired) electrons. The summed E-state index contributed by atoms with van der Waals surface area (Å²) in [5, 5.41) is 21.6. The molecule has 0 aliphatic heterocycles. The molecule has 4 atom stereocenters. The Kier molecular flexibility index (Phi) is 7.07. The van der Waals surface area contributed by atoms with Crippen LogP contribution >= 0.6 is 0 Å². The third-order valence-electron chi connectivity index (χ3n) is 6.12. The molecule has 33 heavy (non-hydrogen) atoms. The van der Waals surface area contributed by atoms with E-state index >= 15 is 0 Å². The van der Waals surface area contributed by atoms with Crippen molar-refractivity contribution in [3.63, 3.8) is 0 Å². The predicted octanol–water partition coefficient (Wildman–Crippen LogP) is 4.47. The number of carbonyl (C=O) groups excluding carboxylic acids is 1. The molecule has 1 unspecified atom stereocenters. The number of hydrogen-bond acceptors (Lipinski definition) is 4. The minimum atomic E-state index is -0.948. The summed E-state index contributed by atoms with van der Waals surface area (Å²) in [7, 11) is 0. The Morgan fingerprint density at radius 2 is 1.70 bits per heavy atom. The van der Waals surface area contributed by atoms with Crippen molar-refractivity contribution >= 4 is 22.7 Å². The van der Waals surface area contributed by atoms with Gasteiger partial charge in [-0.05, 0) is 41.3 Å². The topological polar surface area (TPSA) is 83.8 Å². The van der Waals surface area contributed by atoms with Crippen LogP contribution in [0.4, 0.5) is 0 Å². The van der Waals surface area contributed by atoms with Crippen molar-refractivity contribution in [1.82, 2.24) is 0 Å². The molecule has 1 saturated carbocycles. The number of benzene rings is 3. The Morgan fingerprint density at radius 1 is 0.970 bits per heavy atom. The van der Waals surface area contributed by atoms with Gasteiger partial charge in [-0.2, -0.15) is 0 Å². The molecule has 0 heterocycles. The van der Waals surface area contributed by atoms with E-state index in [0.29, 0.717) is 24.8 Å². The largest absolute Gasteiger partial charge is 0.481 e. The van der Waals surface area contributed by atoms with E-state index in [1.807, 2.05) is 42.5 Å². The van der Waals surface area contributed by atoms with Crippen molar-refractivity contribution in [2.75, 3.05) is 0 Å². The number of aliphatic hydroxyl groups excluding tert-OH is 1. The molecule has 1 fully saturated rings. The van der Waals surface area contributed by atoms with Crippen LogP contribution in [0.1, 0.15) is 35.2 Å². The summed E-state index contributed by atoms with van der Waals surface area (Å²) >= 11 is 0. The minimum Gasteiger partial charge on any atom is -0.481 e. The van der Waals surface area contributed by atoms with Crippen molar-refractivity contribution in [2.24, 2.45) is 11.8 Å². The second-order valence-electron chi connectivity index (χ2n) is 8.45. The van der Waals surface area contributed by atoms with Crippen LogP contribution in [0.3, 0.4) is 0 Å². The third-order valence-corrected chi connectivity index (χ3v) is 6.12. The van der Waals surface area contributed by atoms with E-state index in [9.17, 15) is 19.8 Å². The number of carboxylic acid groups (broad SMARTS) is 1. The van der Waals surface area contributed by atoms with Crippen molar-refractivity contribution in [2.45, 2.75) is 37.9 Å². The summed E-state index contributed by atoms with van der Waals surface area (Å²) < 4.78 is 5.76. The van der Waals surface area contributed by atoms with Gasteiger partial charge >= 0.3 is 11.9 Å². The maximum atomic E-state index is 12.7. The van der Waals surface area contributed by atoms with Crippen molar-refractivity contribution in [3.8, 4) is 11.8 Å². The van der Waals surface area contributed by atoms with Crippen molar-refractivity contribution in [1.29, 1.82) is 0 Å². The highest BCUT2D eigenvalue weighted by Crippen LogP contribution is 2.34. The van der Waals surface area contributed by atoms with Crippen molar-refractivity contribution in [3.05, 3.63) is 83.9 Å². The van der Waals surface area contributed by atoms with E-state index in [-0.39, 0.29) is 12.3 Å². The Hall–Kier alpha value is -3.62. The van der Waals surface area contributed by atoms with E-state index < -0.39 is 30.1 Å². The highest BCUT2D eigenvalue weighted by Gasteiger charge is 2.35. The monoisotopic (exact) mass is 442 g/mol. The summed E-state index contributed by atoms with van der Waals surface area (Å²) in [6.07, 6.45) is 0.0700. The van der Waals surface area contributed by atoms with Crippen LogP contribution in [0.5, 0.6) is 0 Å². The number of carbonyl (C=O) groups is 2. The summed E-state index contributed by atoms with van der Waals surface area (Å²) in [5.41, 5.74) is 1.44. The zero-order valence-electron chi connectivity index (χ0n) is 18.2. The van der Waals surface area contributed by atoms with Crippen LogP contribution < -0.4 is 0 Å². The van der Waals surface area contributed by atoms with Gasteiger partial charge in [0.25, 0.3) is 0 Å². The van der Waals surface area contributed by atoms with Crippen molar-refractivity contribution < 1.29 is 24.5 Å². The molecule has 3 aromatic carbocycles. The fraction of sp³-hybridized carbons (Fsp3) is 0.286. The Labute approximate surface area is 193 Å². The normalized spacial score (nSPS) is 20.6. The predicted molar refractivity (Wildman–Crippen MR) is 126 cm³/mol. The standard InChI is InChI=1S/C28H26O5/c29-26-15-13-21(25(26)18-27(30)31)12-14-24(33-28(32)22-7-2-1-3-8-22)17-19-10-11-20-6-4-5-9-23(20)16-19/h1-11,16,21,24-26,29H,13,15,17-18H2,(H,30,31)/t21-,24?,25+,26-/m1/s1. The SMILES string of the molecule is O=C(O)C[C@@H]1[C@H](O)CC[C@H]1C#CC(Cc1ccc2ccccc2c1)OC(=O)c1ccccc1. The van der Waals surface area contributed by atoms with Gasteiger partial charge in [0.05, 0.1) is 18.1 Å². The molecule has 0 amide bonds. The van der Waals surface area contributed by atoms with E-state index in [1.165, 1.54) is 0 Å². The van der Waals surface area contributed by atoms with Gasteiger partial charge < -0.3 is 14.9 Å². The summed E-state index contributed by atoms with van der Waals surface area (Å²) in [6.45, 7) is 0. The second kappa shape index (κ2) is 10.3. The summed E-state index contributed by atoms with van der Waals surface area (Å²) in [6, 6.07) is 22.9. The van der Waals surface area contributed by atoms with Gasteiger partial charge in [0.1, 0.15) is 0 Å². The number of ether oxygens (including phenoxy) is 1. The Morgan fingerprint density at radius 3 is 2.45 bits per heavy atom. The van der Waals surface area contributed by atoms with Crippen LogP contribution in [-0.2, 0) is 16.0 Å². The molecular weight excluding hydrogens is 416 g/mol. The fourth-order valence-electron chi connectivity index (χ4n) is 4.38. The molecule has 0 spiro atoms. The molecule has 168 valence electrons. The summed E-state index contributed by atoms with van der Waals surface area (Å²) in [5.74, 6) is 4.15. The van der Waals surface area contributed by atoms with Crippen LogP contribution in [0, 0.1) is 23.7 Å². The lowest BCUT2D eigenvalue weighted by molar-refractivity contribution is -0.139. The average molecular weight is 443 g/mol. The number of carboxylic acids is 1. The molecule has 0 saturated heterocycles. The lowest BCUT2D eigenvalue weighted by Crippen LogP contribution is -2.23. The van der Waals surface area contributed by atoms with Gasteiger partial charge in [-0.25, -0.2) is 4.79 Å². The first-order valence-electron chi connectivity index (χ1n) is 11.1. The molecular formula is C28H26O5. The first kappa shape index (κ1) is 22.6. The molecule has 0 aromatic heterocycles. The molecule has 1 aliphatic rings. The molecule has 5 nitrogen and oxygen atoms in total. The highest BCUT2D eigenvalue weighted by atomic mass is 16.5. The highest BCUT2D eigenvalue weighted by molar-refractivity contribution is 5.89. The lowest BCUT2D eigenvalue weighted by atomic mass is 9.91. The van der Waals surface area contributed by atoms with Crippen LogP contribution in [0.25, 0.3) is 10.8 Å². The van der Waals surface area contributed by atoms with Gasteiger partial charge in [0.2, 0.25) is 0 Å². The zero-order valence-corrected chi connectivity index (χ0v) is 18.2. The molecule has 0 bridgehead atoms. The number of esters is 1. The van der Waals surface area contributed by atoms with Crippen LogP contribution in [0.2, 0.25) is 0 Å². The van der Waals surface area contributed by atoms with Gasteiger partial charge in [0.15, 0.2) is 6.10 Å². The van der Waals surface area contributed by atoms with Gasteiger partial charge in [-0.3, -0.25) is 4.79 Å². The molecule has 4 rings (SSSR count). The fourth-order valence-corrected chi connectivity index (χ4v) is 4.38. The first-order chi connectivity index (χ1) is 16.0. The number of hydrogen-bond donors (Lipinski definition) is 2. The first-order valence-corrected chi connectivity index (χ1v) is 11.1. The lowest BCUT2D eigenvalue weighted by Gasteiger charge is -2.17. The minimum absolute atomic E-state index is 0.125. The third kappa shape index (κ3) is 5.79. The molecule has 1 aliphatic carbocycles. The van der Waals surface area contributed by atoms with E-state index in [1.54, 1.807) is 24.3 Å². The maximum Gasteiger partial charge on any atom is 0.339 e. The van der Waals surface area contributed by atoms with Gasteiger partial charge in [-0.1, -0.05) is 72.5 Å². The summed E-state index contributed by atoms with van der Waals surface area (Å²) in [4.78, 5) is 23.9. The van der Waals surface area contributed by atoms with Crippen LogP contribution in [0.15, 0.2) is 72.8 Å². The van der Waals surface area contributed by atoms with E-state index in [4.69, 9.17) is 4.74 Å². The van der Waals surface area contributed by atoms with E-state index in [0.717, 1.165) is 16.3 Å². The average Bonchev–Trinajstić information content (AvgIpc) is 3.16. The number of rotatable bonds is 6. The number of aliphatic hydroxyl groups is 1. The molecule has 3 aromatic rings. The quantitative estimate of drug-likeness (QED) is 0.435. The van der Waals surface area contributed by atoms with Gasteiger partial charge in [-0.15, -0.1) is 0 Å². The van der Waals surface area contributed by atoms with E-state index in [2.05, 4.69) is 17.9 Å². The van der Waals surface area contributed by atoms with Crippen LogP contribution in [-0.4, -0.2) is 34.4 Å². The Balaban J connectivity index is 1.57. The molecule has 5 heteroatoms. The number of aliphatic carboxylic acids is 1. The second-order valence-corrected chi connectivity index (χ2v) is 8.45. The maximum absolute atomic E-state index is 12.7. The Bertz CT molecular complexity index is 1190. The number of fused-ring (bicyclic) bond motifs is 1. The molecule has 2 N–H and O–H groups in total. The smallest absolute Gasteiger partial charge is 0.339 e. The zero-order chi connectivity index (χ0) is 23.2. The van der Waals surface area contributed by atoms with Gasteiger partial charge in [0, 0.05) is 18.3 Å².